The van der Waals surface area contributed by atoms with Crippen LogP contribution in [0.25, 0.3) is 0 Å². The molecule has 0 aromatic rings. The van der Waals surface area contributed by atoms with E-state index in [1.807, 2.05) is 0 Å². The number of allylic oxidation sites excluding steroid dienone is 4. The largest absolute Gasteiger partial charge is 0.472 e. The van der Waals surface area contributed by atoms with Gasteiger partial charge < -0.3 is 24.6 Å². The molecule has 10 nitrogen and oxygen atoms in total. The van der Waals surface area contributed by atoms with Crippen molar-refractivity contribution in [2.45, 2.75) is 180 Å². The van der Waals surface area contributed by atoms with E-state index in [9.17, 15) is 24.2 Å². The Balaban J connectivity index is 4.30. The maximum atomic E-state index is 12.5. The van der Waals surface area contributed by atoms with Gasteiger partial charge in [-0.15, -0.1) is 0 Å². The second-order valence-corrected chi connectivity index (χ2v) is 14.4. The van der Waals surface area contributed by atoms with E-state index in [0.29, 0.717) is 12.8 Å². The van der Waals surface area contributed by atoms with Crippen LogP contribution in [0.4, 0.5) is 0 Å². The number of unbranched alkanes of at least 4 members (excludes halogenated alkanes) is 18. The number of rotatable bonds is 36. The van der Waals surface area contributed by atoms with Crippen LogP contribution in [-0.2, 0) is 32.7 Å². The van der Waals surface area contributed by atoms with Crippen LogP contribution in [0.1, 0.15) is 168 Å². The van der Waals surface area contributed by atoms with Gasteiger partial charge in [0.05, 0.1) is 19.8 Å². The number of ether oxygens (including phenoxy) is 2. The summed E-state index contributed by atoms with van der Waals surface area (Å²) < 4.78 is 32.5. The SMILES string of the molecule is CCCCC/C=C\C/C=C\CCCCCCCCCC(=O)OC[C@H](COP(=O)(O)OC[C@@H](O)CO)OC(=O)CCCCCCCCCCC. The molecule has 288 valence electrons. The Hall–Kier alpha value is -1.55. The Morgan fingerprint density at radius 3 is 1.61 bits per heavy atom. The Labute approximate surface area is 298 Å². The fourth-order valence-corrected chi connectivity index (χ4v) is 5.87. The summed E-state index contributed by atoms with van der Waals surface area (Å²) in [6, 6.07) is 0. The van der Waals surface area contributed by atoms with Crippen LogP contribution >= 0.6 is 7.82 Å². The zero-order chi connectivity index (χ0) is 36.3. The van der Waals surface area contributed by atoms with Gasteiger partial charge in [0, 0.05) is 12.8 Å². The molecule has 3 atom stereocenters. The highest BCUT2D eigenvalue weighted by atomic mass is 31.2. The Morgan fingerprint density at radius 1 is 0.612 bits per heavy atom. The predicted octanol–water partition coefficient (Wildman–Crippen LogP) is 9.44. The molecule has 0 aliphatic rings. The highest BCUT2D eigenvalue weighted by Crippen LogP contribution is 2.43. The van der Waals surface area contributed by atoms with E-state index in [4.69, 9.17) is 19.1 Å². The van der Waals surface area contributed by atoms with Crippen molar-refractivity contribution in [2.24, 2.45) is 0 Å². The zero-order valence-electron chi connectivity index (χ0n) is 30.9. The Bertz CT molecular complexity index is 879. The molecule has 0 saturated carbocycles. The van der Waals surface area contributed by atoms with Crippen molar-refractivity contribution in [1.82, 2.24) is 0 Å². The average Bonchev–Trinajstić information content (AvgIpc) is 3.09. The fraction of sp³-hybridized carbons (Fsp3) is 0.842. The van der Waals surface area contributed by atoms with E-state index in [1.165, 1.54) is 77.0 Å². The van der Waals surface area contributed by atoms with E-state index >= 15 is 0 Å². The number of carbonyl (C=O) groups is 2. The van der Waals surface area contributed by atoms with Crippen molar-refractivity contribution in [3.63, 3.8) is 0 Å². The summed E-state index contributed by atoms with van der Waals surface area (Å²) >= 11 is 0. The van der Waals surface area contributed by atoms with Crippen LogP contribution in [0.5, 0.6) is 0 Å². The van der Waals surface area contributed by atoms with Crippen molar-refractivity contribution < 1.29 is 47.8 Å². The van der Waals surface area contributed by atoms with Crippen LogP contribution in [-0.4, -0.2) is 65.7 Å². The minimum atomic E-state index is -4.61. The fourth-order valence-electron chi connectivity index (χ4n) is 5.08. The number of hydrogen-bond acceptors (Lipinski definition) is 9. The molecular formula is C38H71O10P. The van der Waals surface area contributed by atoms with Gasteiger partial charge >= 0.3 is 19.8 Å². The highest BCUT2D eigenvalue weighted by molar-refractivity contribution is 7.47. The summed E-state index contributed by atoms with van der Waals surface area (Å²) in [5.41, 5.74) is 0. The minimum absolute atomic E-state index is 0.184. The molecule has 49 heavy (non-hydrogen) atoms. The van der Waals surface area contributed by atoms with Crippen LogP contribution in [0, 0.1) is 0 Å². The predicted molar refractivity (Wildman–Crippen MR) is 196 cm³/mol. The third-order valence-corrected chi connectivity index (χ3v) is 9.06. The molecule has 0 amide bonds. The van der Waals surface area contributed by atoms with Crippen molar-refractivity contribution in [1.29, 1.82) is 0 Å². The van der Waals surface area contributed by atoms with Gasteiger partial charge in [-0.3, -0.25) is 18.6 Å². The second kappa shape index (κ2) is 34.9. The summed E-state index contributed by atoms with van der Waals surface area (Å²) in [6.45, 7) is 2.31. The summed E-state index contributed by atoms with van der Waals surface area (Å²) in [5.74, 6) is -0.935. The van der Waals surface area contributed by atoms with Gasteiger partial charge in [-0.2, -0.15) is 0 Å². The topological polar surface area (TPSA) is 149 Å². The van der Waals surface area contributed by atoms with Crippen molar-refractivity contribution in [2.75, 3.05) is 26.4 Å². The quantitative estimate of drug-likeness (QED) is 0.0248. The molecule has 0 fully saturated rings. The molecule has 0 bridgehead atoms. The molecule has 0 aromatic heterocycles. The lowest BCUT2D eigenvalue weighted by molar-refractivity contribution is -0.161. The van der Waals surface area contributed by atoms with Gasteiger partial charge in [0.1, 0.15) is 12.7 Å². The minimum Gasteiger partial charge on any atom is -0.462 e. The average molecular weight is 719 g/mol. The summed E-state index contributed by atoms with van der Waals surface area (Å²) in [4.78, 5) is 34.7. The number of aliphatic hydroxyl groups is 2. The molecule has 0 heterocycles. The first-order chi connectivity index (χ1) is 23.7. The second-order valence-electron chi connectivity index (χ2n) is 13.0. The summed E-state index contributed by atoms with van der Waals surface area (Å²) in [7, 11) is -4.61. The number of phosphoric ester groups is 1. The maximum Gasteiger partial charge on any atom is 0.472 e. The monoisotopic (exact) mass is 718 g/mol. The third kappa shape index (κ3) is 34.7. The molecule has 0 radical (unpaired) electrons. The van der Waals surface area contributed by atoms with Gasteiger partial charge in [0.2, 0.25) is 0 Å². The molecule has 0 saturated heterocycles. The Morgan fingerprint density at radius 2 is 1.06 bits per heavy atom. The molecule has 0 spiro atoms. The molecule has 3 N–H and O–H groups in total. The van der Waals surface area contributed by atoms with E-state index in [2.05, 4.69) is 42.7 Å². The molecule has 1 unspecified atom stereocenters. The van der Waals surface area contributed by atoms with Crippen molar-refractivity contribution >= 4 is 19.8 Å². The van der Waals surface area contributed by atoms with Gasteiger partial charge in [-0.05, 0) is 44.9 Å². The third-order valence-electron chi connectivity index (χ3n) is 8.11. The molecule has 0 aromatic carbocycles. The molecule has 0 rings (SSSR count). The normalized spacial score (nSPS) is 14.3. The number of aliphatic hydroxyl groups excluding tert-OH is 2. The smallest absolute Gasteiger partial charge is 0.462 e. The molecular weight excluding hydrogens is 647 g/mol. The lowest BCUT2D eigenvalue weighted by atomic mass is 10.1. The number of carbonyl (C=O) groups excluding carboxylic acids is 2. The van der Waals surface area contributed by atoms with Crippen LogP contribution in [0.2, 0.25) is 0 Å². The summed E-state index contributed by atoms with van der Waals surface area (Å²) in [5, 5.41) is 18.2. The molecule has 0 aliphatic heterocycles. The standard InChI is InChI=1S/C38H71O10P/c1-3-5-7-9-11-13-14-15-16-17-18-19-20-22-23-25-27-29-37(41)45-33-36(34-47-49(43,44)46-32-35(40)31-39)48-38(42)30-28-26-24-21-12-10-8-6-4-2/h11,13,15-16,35-36,39-40H,3-10,12,14,17-34H2,1-2H3,(H,43,44)/b13-11-,16-15-/t35-,36+/m0/s1. The van der Waals surface area contributed by atoms with E-state index in [-0.39, 0.29) is 19.4 Å². The number of phosphoric acid groups is 1. The van der Waals surface area contributed by atoms with E-state index in [0.717, 1.165) is 51.4 Å². The van der Waals surface area contributed by atoms with Crippen molar-refractivity contribution in [3.8, 4) is 0 Å². The highest BCUT2D eigenvalue weighted by Gasteiger charge is 2.27. The van der Waals surface area contributed by atoms with Gasteiger partial charge in [-0.1, -0.05) is 134 Å². The van der Waals surface area contributed by atoms with Crippen LogP contribution < -0.4 is 0 Å². The first-order valence-corrected chi connectivity index (χ1v) is 20.8. The van der Waals surface area contributed by atoms with E-state index in [1.54, 1.807) is 0 Å². The first-order valence-electron chi connectivity index (χ1n) is 19.3. The summed E-state index contributed by atoms with van der Waals surface area (Å²) in [6.07, 6.45) is 31.5. The van der Waals surface area contributed by atoms with Gasteiger partial charge in [0.15, 0.2) is 6.10 Å². The van der Waals surface area contributed by atoms with Gasteiger partial charge in [0.25, 0.3) is 0 Å². The van der Waals surface area contributed by atoms with Crippen LogP contribution in [0.3, 0.4) is 0 Å². The van der Waals surface area contributed by atoms with Crippen molar-refractivity contribution in [3.05, 3.63) is 24.3 Å². The zero-order valence-corrected chi connectivity index (χ0v) is 31.8. The van der Waals surface area contributed by atoms with E-state index < -0.39 is 51.8 Å². The first kappa shape index (κ1) is 47.4. The lowest BCUT2D eigenvalue weighted by Gasteiger charge is -2.20. The molecule has 11 heteroatoms. The molecule has 0 aliphatic carbocycles. The lowest BCUT2D eigenvalue weighted by Crippen LogP contribution is -2.29. The maximum absolute atomic E-state index is 12.5. The number of hydrogen-bond donors (Lipinski definition) is 3. The number of esters is 2. The Kier molecular flexibility index (Phi) is 33.8. The van der Waals surface area contributed by atoms with Gasteiger partial charge in [-0.25, -0.2) is 4.57 Å². The van der Waals surface area contributed by atoms with Crippen LogP contribution in [0.15, 0.2) is 24.3 Å².